The molecule has 1 unspecified atom stereocenters. The van der Waals surface area contributed by atoms with E-state index >= 15 is 0 Å². The summed E-state index contributed by atoms with van der Waals surface area (Å²) < 4.78 is 11.0. The van der Waals surface area contributed by atoms with Gasteiger partial charge in [0.15, 0.2) is 5.60 Å². The Hall–Kier alpha value is -2.44. The van der Waals surface area contributed by atoms with E-state index in [0.717, 1.165) is 17.9 Å². The van der Waals surface area contributed by atoms with Gasteiger partial charge < -0.3 is 14.6 Å². The van der Waals surface area contributed by atoms with Gasteiger partial charge in [0.25, 0.3) is 0 Å². The molecule has 0 aliphatic carbocycles. The molecule has 1 N–H and O–H groups in total. The van der Waals surface area contributed by atoms with Crippen LogP contribution in [-0.4, -0.2) is 18.3 Å². The molecule has 1 atom stereocenters. The third kappa shape index (κ3) is 3.85. The lowest BCUT2D eigenvalue weighted by atomic mass is 9.87. The van der Waals surface area contributed by atoms with Gasteiger partial charge in [0.05, 0.1) is 13.2 Å². The van der Waals surface area contributed by atoms with Crippen LogP contribution < -0.4 is 9.47 Å². The zero-order valence-electron chi connectivity index (χ0n) is 13.6. The second kappa shape index (κ2) is 7.71. The number of aliphatic hydroxyl groups is 1. The minimum Gasteiger partial charge on any atom is -0.494 e. The molecule has 0 aromatic heterocycles. The predicted molar refractivity (Wildman–Crippen MR) is 91.7 cm³/mol. The van der Waals surface area contributed by atoms with E-state index in [-0.39, 0.29) is 0 Å². The highest BCUT2D eigenvalue weighted by Gasteiger charge is 2.29. The van der Waals surface area contributed by atoms with E-state index in [9.17, 15) is 5.11 Å². The van der Waals surface area contributed by atoms with Crippen LogP contribution in [0.1, 0.15) is 31.4 Å². The van der Waals surface area contributed by atoms with Gasteiger partial charge in [-0.3, -0.25) is 0 Å². The molecule has 0 spiro atoms. The van der Waals surface area contributed by atoms with E-state index in [1.165, 1.54) is 0 Å². The fourth-order valence-electron chi connectivity index (χ4n) is 2.30. The molecule has 0 fully saturated rings. The average Bonchev–Trinajstić information content (AvgIpc) is 2.60. The molecular weight excluding hydrogens is 288 g/mol. The highest BCUT2D eigenvalue weighted by molar-refractivity contribution is 5.46. The van der Waals surface area contributed by atoms with Crippen molar-refractivity contribution in [3.8, 4) is 23.8 Å². The standard InChI is InChI=1S/C20H22O3/c1-4-15-23-19-13-9-17(10-14-19)20(21,5-2)16-7-11-18(12-8-16)22-6-3/h2,7-14,21H,4,6,15H2,1,3H3. The molecule has 3 heteroatoms. The highest BCUT2D eigenvalue weighted by atomic mass is 16.5. The van der Waals surface area contributed by atoms with Crippen molar-refractivity contribution in [1.29, 1.82) is 0 Å². The maximum Gasteiger partial charge on any atom is 0.176 e. The van der Waals surface area contributed by atoms with E-state index in [1.54, 1.807) is 36.4 Å². The first-order valence-corrected chi connectivity index (χ1v) is 7.80. The Morgan fingerprint density at radius 1 is 0.913 bits per heavy atom. The molecule has 0 bridgehead atoms. The molecule has 0 amide bonds. The first-order chi connectivity index (χ1) is 11.1. The highest BCUT2D eigenvalue weighted by Crippen LogP contribution is 2.31. The van der Waals surface area contributed by atoms with E-state index in [4.69, 9.17) is 15.9 Å². The third-order valence-corrected chi connectivity index (χ3v) is 3.54. The zero-order chi connectivity index (χ0) is 16.7. The van der Waals surface area contributed by atoms with Crippen LogP contribution in [0.15, 0.2) is 48.5 Å². The summed E-state index contributed by atoms with van der Waals surface area (Å²) in [6.45, 7) is 5.24. The third-order valence-electron chi connectivity index (χ3n) is 3.54. The lowest BCUT2D eigenvalue weighted by Gasteiger charge is -2.24. The van der Waals surface area contributed by atoms with Crippen molar-refractivity contribution in [2.45, 2.75) is 25.9 Å². The van der Waals surface area contributed by atoms with Crippen LogP contribution in [0.3, 0.4) is 0 Å². The molecule has 0 saturated carbocycles. The van der Waals surface area contributed by atoms with Gasteiger partial charge in [0.1, 0.15) is 11.5 Å². The number of ether oxygens (including phenoxy) is 2. The Labute approximate surface area is 137 Å². The average molecular weight is 310 g/mol. The number of rotatable bonds is 7. The van der Waals surface area contributed by atoms with Crippen LogP contribution in [0, 0.1) is 12.3 Å². The monoisotopic (exact) mass is 310 g/mol. The van der Waals surface area contributed by atoms with Gasteiger partial charge >= 0.3 is 0 Å². The first-order valence-electron chi connectivity index (χ1n) is 7.80. The summed E-state index contributed by atoms with van der Waals surface area (Å²) in [6, 6.07) is 14.4. The molecule has 0 aliphatic rings. The fraction of sp³-hybridized carbons (Fsp3) is 0.300. The molecule has 0 heterocycles. The minimum absolute atomic E-state index is 0.595. The van der Waals surface area contributed by atoms with Crippen LogP contribution >= 0.6 is 0 Å². The van der Waals surface area contributed by atoms with E-state index in [0.29, 0.717) is 24.3 Å². The molecule has 2 rings (SSSR count). The number of hydrogen-bond donors (Lipinski definition) is 1. The van der Waals surface area contributed by atoms with Gasteiger partial charge in [-0.2, -0.15) is 0 Å². The Bertz CT molecular complexity index is 653. The van der Waals surface area contributed by atoms with Crippen molar-refractivity contribution >= 4 is 0 Å². The van der Waals surface area contributed by atoms with Gasteiger partial charge in [-0.25, -0.2) is 0 Å². The smallest absolute Gasteiger partial charge is 0.176 e. The van der Waals surface area contributed by atoms with Crippen LogP contribution in [0.4, 0.5) is 0 Å². The van der Waals surface area contributed by atoms with Crippen LogP contribution in [-0.2, 0) is 5.60 Å². The maximum absolute atomic E-state index is 10.9. The quantitative estimate of drug-likeness (QED) is 0.792. The molecule has 2 aromatic carbocycles. The van der Waals surface area contributed by atoms with E-state index < -0.39 is 5.60 Å². The molecule has 120 valence electrons. The second-order valence-electron chi connectivity index (χ2n) is 5.18. The van der Waals surface area contributed by atoms with Gasteiger partial charge in [-0.05, 0) is 37.6 Å². The van der Waals surface area contributed by atoms with E-state index in [2.05, 4.69) is 12.8 Å². The molecular formula is C20H22O3. The van der Waals surface area contributed by atoms with Crippen molar-refractivity contribution in [1.82, 2.24) is 0 Å². The summed E-state index contributed by atoms with van der Waals surface area (Å²) >= 11 is 0. The van der Waals surface area contributed by atoms with Gasteiger partial charge in [-0.1, -0.05) is 37.1 Å². The Morgan fingerprint density at radius 2 is 1.39 bits per heavy atom. The van der Waals surface area contributed by atoms with Crippen LogP contribution in [0.2, 0.25) is 0 Å². The summed E-state index contributed by atoms with van der Waals surface area (Å²) in [5.41, 5.74) is -0.215. The Kier molecular flexibility index (Phi) is 5.67. The summed E-state index contributed by atoms with van der Waals surface area (Å²) in [5.74, 6) is 4.01. The van der Waals surface area contributed by atoms with Crippen LogP contribution in [0.25, 0.3) is 0 Å². The Balaban J connectivity index is 2.27. The normalized spacial score (nSPS) is 13.0. The predicted octanol–water partition coefficient (Wildman–Crippen LogP) is 3.74. The van der Waals surface area contributed by atoms with Crippen molar-refractivity contribution in [2.24, 2.45) is 0 Å². The number of hydrogen-bond acceptors (Lipinski definition) is 3. The molecule has 2 aromatic rings. The lowest BCUT2D eigenvalue weighted by Crippen LogP contribution is -2.24. The maximum atomic E-state index is 10.9. The van der Waals surface area contributed by atoms with Crippen molar-refractivity contribution < 1.29 is 14.6 Å². The fourth-order valence-corrected chi connectivity index (χ4v) is 2.30. The summed E-state index contributed by atoms with van der Waals surface area (Å²) in [6.07, 6.45) is 6.57. The lowest BCUT2D eigenvalue weighted by molar-refractivity contribution is 0.145. The van der Waals surface area contributed by atoms with Gasteiger partial charge in [0.2, 0.25) is 0 Å². The van der Waals surface area contributed by atoms with Crippen LogP contribution in [0.5, 0.6) is 11.5 Å². The van der Waals surface area contributed by atoms with E-state index in [1.807, 2.05) is 19.1 Å². The Morgan fingerprint density at radius 3 is 1.78 bits per heavy atom. The first kappa shape index (κ1) is 16.9. The van der Waals surface area contributed by atoms with Crippen molar-refractivity contribution in [3.63, 3.8) is 0 Å². The molecule has 0 radical (unpaired) electrons. The van der Waals surface area contributed by atoms with Gasteiger partial charge in [-0.15, -0.1) is 6.42 Å². The zero-order valence-corrected chi connectivity index (χ0v) is 13.6. The van der Waals surface area contributed by atoms with Gasteiger partial charge in [0, 0.05) is 11.1 Å². The second-order valence-corrected chi connectivity index (χ2v) is 5.18. The summed E-state index contributed by atoms with van der Waals surface area (Å²) in [5, 5.41) is 10.9. The molecule has 0 aliphatic heterocycles. The topological polar surface area (TPSA) is 38.7 Å². The molecule has 3 nitrogen and oxygen atoms in total. The van der Waals surface area contributed by atoms with Crippen molar-refractivity contribution in [3.05, 3.63) is 59.7 Å². The molecule has 23 heavy (non-hydrogen) atoms. The van der Waals surface area contributed by atoms with Crippen molar-refractivity contribution in [2.75, 3.05) is 13.2 Å². The SMILES string of the molecule is C#CC(O)(c1ccc(OCC)cc1)c1ccc(OCCC)cc1. The summed E-state index contributed by atoms with van der Waals surface area (Å²) in [4.78, 5) is 0. The number of benzene rings is 2. The molecule has 0 saturated heterocycles. The number of terminal acetylenes is 1. The minimum atomic E-state index is -1.48. The largest absolute Gasteiger partial charge is 0.494 e. The summed E-state index contributed by atoms with van der Waals surface area (Å²) in [7, 11) is 0.